The van der Waals surface area contributed by atoms with Crippen molar-refractivity contribution in [3.63, 3.8) is 0 Å². The van der Waals surface area contributed by atoms with Crippen molar-refractivity contribution in [3.05, 3.63) is 29.3 Å². The number of benzene rings is 1. The Labute approximate surface area is 132 Å². The zero-order valence-corrected chi connectivity index (χ0v) is 14.1. The van der Waals surface area contributed by atoms with Crippen LogP contribution in [0.1, 0.15) is 29.8 Å². The first-order chi connectivity index (χ1) is 10.1. The van der Waals surface area contributed by atoms with Gasteiger partial charge in [-0.05, 0) is 25.0 Å². The summed E-state index contributed by atoms with van der Waals surface area (Å²) in [5.74, 6) is 1.94. The van der Waals surface area contributed by atoms with Crippen molar-refractivity contribution in [2.75, 3.05) is 38.5 Å². The van der Waals surface area contributed by atoms with E-state index >= 15 is 0 Å². The summed E-state index contributed by atoms with van der Waals surface area (Å²) < 4.78 is 0. The number of nitrogens with one attached hydrogen (secondary N) is 1. The van der Waals surface area contributed by atoms with Crippen molar-refractivity contribution in [2.45, 2.75) is 25.7 Å². The maximum atomic E-state index is 12.7. The molecule has 0 aliphatic carbocycles. The Hall–Kier alpha value is -0.840. The van der Waals surface area contributed by atoms with Gasteiger partial charge < -0.3 is 5.32 Å². The van der Waals surface area contributed by atoms with Crippen LogP contribution in [-0.2, 0) is 0 Å². The lowest BCUT2D eigenvalue weighted by atomic mass is 10.1. The Kier molecular flexibility index (Phi) is 6.27. The van der Waals surface area contributed by atoms with Crippen molar-refractivity contribution >= 4 is 17.5 Å². The van der Waals surface area contributed by atoms with E-state index in [0.717, 1.165) is 48.0 Å². The van der Waals surface area contributed by atoms with E-state index in [1.807, 2.05) is 6.07 Å². The van der Waals surface area contributed by atoms with E-state index in [4.69, 9.17) is 0 Å². The number of piperazine rings is 1. The molecule has 0 saturated carbocycles. The van der Waals surface area contributed by atoms with Gasteiger partial charge in [0.05, 0.1) is 6.54 Å². The van der Waals surface area contributed by atoms with Crippen LogP contribution in [-0.4, -0.2) is 49.2 Å². The lowest BCUT2D eigenvalue weighted by Crippen LogP contribution is -2.45. The Morgan fingerprint density at radius 2 is 2.05 bits per heavy atom. The van der Waals surface area contributed by atoms with Crippen molar-refractivity contribution in [2.24, 2.45) is 5.92 Å². The molecule has 0 radical (unpaired) electrons. The third-order valence-corrected chi connectivity index (χ3v) is 5.08. The number of thioether (sulfide) groups is 1. The lowest BCUT2D eigenvalue weighted by molar-refractivity contribution is 0.0918. The van der Waals surface area contributed by atoms with Crippen LogP contribution in [0.3, 0.4) is 0 Å². The SMILES string of the molecule is Cc1ccc(SCC(C)C)c(C(=O)CN2CCNCC2)c1. The number of hydrogen-bond acceptors (Lipinski definition) is 4. The summed E-state index contributed by atoms with van der Waals surface area (Å²) in [6, 6.07) is 6.25. The Balaban J connectivity index is 2.08. The largest absolute Gasteiger partial charge is 0.314 e. The molecule has 0 atom stereocenters. The summed E-state index contributed by atoms with van der Waals surface area (Å²) in [6.45, 7) is 10.9. The van der Waals surface area contributed by atoms with Gasteiger partial charge in [0.2, 0.25) is 0 Å². The second kappa shape index (κ2) is 7.97. The minimum absolute atomic E-state index is 0.256. The third kappa shape index (κ3) is 5.13. The highest BCUT2D eigenvalue weighted by Gasteiger charge is 2.18. The van der Waals surface area contributed by atoms with E-state index in [1.54, 1.807) is 11.8 Å². The molecule has 2 rings (SSSR count). The zero-order chi connectivity index (χ0) is 15.2. The van der Waals surface area contributed by atoms with Gasteiger partial charge in [0.25, 0.3) is 0 Å². The number of hydrogen-bond donors (Lipinski definition) is 1. The van der Waals surface area contributed by atoms with E-state index in [-0.39, 0.29) is 5.78 Å². The summed E-state index contributed by atoms with van der Waals surface area (Å²) in [7, 11) is 0. The Morgan fingerprint density at radius 1 is 1.33 bits per heavy atom. The summed E-state index contributed by atoms with van der Waals surface area (Å²) >= 11 is 1.80. The van der Waals surface area contributed by atoms with Gasteiger partial charge in [0.1, 0.15) is 0 Å². The number of rotatable bonds is 6. The number of nitrogens with zero attached hydrogens (tertiary/aromatic N) is 1. The molecule has 0 aromatic heterocycles. The third-order valence-electron chi connectivity index (χ3n) is 3.58. The molecular weight excluding hydrogens is 280 g/mol. The number of Topliss-reactive ketones (excluding diaryl/α,β-unsaturated/α-hetero) is 1. The predicted molar refractivity (Wildman–Crippen MR) is 90.4 cm³/mol. The number of carbonyl (C=O) groups is 1. The van der Waals surface area contributed by atoms with Gasteiger partial charge in [-0.2, -0.15) is 0 Å². The smallest absolute Gasteiger partial charge is 0.177 e. The predicted octanol–water partition coefficient (Wildman–Crippen LogP) is 2.83. The summed E-state index contributed by atoms with van der Waals surface area (Å²) in [4.78, 5) is 16.0. The molecule has 0 bridgehead atoms. The molecule has 116 valence electrons. The van der Waals surface area contributed by atoms with Gasteiger partial charge in [0.15, 0.2) is 5.78 Å². The number of aryl methyl sites for hydroxylation is 1. The van der Waals surface area contributed by atoms with E-state index in [0.29, 0.717) is 12.5 Å². The van der Waals surface area contributed by atoms with Crippen LogP contribution in [0.15, 0.2) is 23.1 Å². The maximum Gasteiger partial charge on any atom is 0.177 e. The van der Waals surface area contributed by atoms with Gasteiger partial charge in [-0.25, -0.2) is 0 Å². The zero-order valence-electron chi connectivity index (χ0n) is 13.3. The molecule has 1 N–H and O–H groups in total. The second-order valence-electron chi connectivity index (χ2n) is 6.15. The van der Waals surface area contributed by atoms with E-state index in [1.165, 1.54) is 0 Å². The molecular formula is C17H26N2OS. The molecule has 1 aliphatic rings. The molecule has 1 heterocycles. The molecule has 0 unspecified atom stereocenters. The quantitative estimate of drug-likeness (QED) is 0.647. The van der Waals surface area contributed by atoms with Crippen molar-refractivity contribution < 1.29 is 4.79 Å². The van der Waals surface area contributed by atoms with Crippen molar-refractivity contribution in [1.29, 1.82) is 0 Å². The summed E-state index contributed by atoms with van der Waals surface area (Å²) in [5, 5.41) is 3.32. The molecule has 21 heavy (non-hydrogen) atoms. The van der Waals surface area contributed by atoms with Gasteiger partial charge in [-0.3, -0.25) is 9.69 Å². The highest BCUT2D eigenvalue weighted by Crippen LogP contribution is 2.26. The minimum Gasteiger partial charge on any atom is -0.314 e. The monoisotopic (exact) mass is 306 g/mol. The maximum absolute atomic E-state index is 12.7. The van der Waals surface area contributed by atoms with Gasteiger partial charge >= 0.3 is 0 Å². The standard InChI is InChI=1S/C17H26N2OS/c1-13(2)12-21-17-5-4-14(3)10-15(17)16(20)11-19-8-6-18-7-9-19/h4-5,10,13,18H,6-9,11-12H2,1-3H3. The Bertz CT molecular complexity index is 482. The summed E-state index contributed by atoms with van der Waals surface area (Å²) in [6.07, 6.45) is 0. The Morgan fingerprint density at radius 3 is 2.71 bits per heavy atom. The molecule has 1 fully saturated rings. The van der Waals surface area contributed by atoms with E-state index in [2.05, 4.69) is 43.1 Å². The van der Waals surface area contributed by atoms with Crippen LogP contribution in [0.5, 0.6) is 0 Å². The van der Waals surface area contributed by atoms with Crippen LogP contribution >= 0.6 is 11.8 Å². The normalized spacial score (nSPS) is 16.4. The average molecular weight is 306 g/mol. The fourth-order valence-corrected chi connectivity index (χ4v) is 3.41. The highest BCUT2D eigenvalue weighted by atomic mass is 32.2. The fraction of sp³-hybridized carbons (Fsp3) is 0.588. The molecule has 0 spiro atoms. The van der Waals surface area contributed by atoms with Gasteiger partial charge in [-0.1, -0.05) is 25.5 Å². The van der Waals surface area contributed by atoms with Crippen LogP contribution in [0.25, 0.3) is 0 Å². The second-order valence-corrected chi connectivity index (χ2v) is 7.22. The van der Waals surface area contributed by atoms with Crippen LogP contribution in [0.2, 0.25) is 0 Å². The molecule has 4 heteroatoms. The van der Waals surface area contributed by atoms with Crippen molar-refractivity contribution in [1.82, 2.24) is 10.2 Å². The fourth-order valence-electron chi connectivity index (χ4n) is 2.40. The van der Waals surface area contributed by atoms with Crippen LogP contribution in [0.4, 0.5) is 0 Å². The molecule has 1 saturated heterocycles. The first kappa shape index (κ1) is 16.5. The highest BCUT2D eigenvalue weighted by molar-refractivity contribution is 7.99. The molecule has 1 aliphatic heterocycles. The van der Waals surface area contributed by atoms with Gasteiger partial charge in [-0.15, -0.1) is 11.8 Å². The average Bonchev–Trinajstić information content (AvgIpc) is 2.46. The molecule has 1 aromatic carbocycles. The number of ketones is 1. The van der Waals surface area contributed by atoms with Crippen LogP contribution in [0, 0.1) is 12.8 Å². The minimum atomic E-state index is 0.256. The lowest BCUT2D eigenvalue weighted by Gasteiger charge is -2.26. The first-order valence-electron chi connectivity index (χ1n) is 7.76. The molecule has 3 nitrogen and oxygen atoms in total. The van der Waals surface area contributed by atoms with E-state index < -0.39 is 0 Å². The number of carbonyl (C=O) groups excluding carboxylic acids is 1. The van der Waals surface area contributed by atoms with E-state index in [9.17, 15) is 4.79 Å². The molecule has 0 amide bonds. The van der Waals surface area contributed by atoms with Gasteiger partial charge in [0, 0.05) is 42.4 Å². The first-order valence-corrected chi connectivity index (χ1v) is 8.74. The van der Waals surface area contributed by atoms with Crippen LogP contribution < -0.4 is 5.32 Å². The molecule has 1 aromatic rings. The summed E-state index contributed by atoms with van der Waals surface area (Å²) in [5.41, 5.74) is 2.06. The topological polar surface area (TPSA) is 32.3 Å². The van der Waals surface area contributed by atoms with Crippen molar-refractivity contribution in [3.8, 4) is 0 Å².